The molecule has 0 fully saturated rings. The highest BCUT2D eigenvalue weighted by atomic mass is 35.5. The van der Waals surface area contributed by atoms with E-state index in [4.69, 9.17) is 27.9 Å². The normalized spacial score (nSPS) is 11.0. The zero-order valence-corrected chi connectivity index (χ0v) is 14.8. The number of aromatic nitrogens is 3. The van der Waals surface area contributed by atoms with Gasteiger partial charge in [-0.2, -0.15) is 9.61 Å². The van der Waals surface area contributed by atoms with Crippen LogP contribution in [0, 0.1) is 6.92 Å². The van der Waals surface area contributed by atoms with Crippen LogP contribution in [-0.2, 0) is 22.6 Å². The lowest BCUT2D eigenvalue weighted by atomic mass is 10.1. The second-order valence-electron chi connectivity index (χ2n) is 5.00. The van der Waals surface area contributed by atoms with Crippen LogP contribution in [0.3, 0.4) is 0 Å². The molecule has 3 aromatic rings. The number of carbonyl (C=O) groups is 1. The van der Waals surface area contributed by atoms with Gasteiger partial charge in [0.1, 0.15) is 6.61 Å². The van der Waals surface area contributed by atoms with Crippen molar-refractivity contribution in [2.45, 2.75) is 20.0 Å². The number of ether oxygens (including phenoxy) is 1. The summed E-state index contributed by atoms with van der Waals surface area (Å²) < 4.78 is 6.38. The highest BCUT2D eigenvalue weighted by molar-refractivity contribution is 7.16. The Bertz CT molecular complexity index is 984. The number of fused-ring (bicyclic) bond motifs is 1. The topological polar surface area (TPSA) is 73.6 Å². The van der Waals surface area contributed by atoms with E-state index in [0.717, 1.165) is 0 Å². The summed E-state index contributed by atoms with van der Waals surface area (Å²) in [4.78, 5) is 28.4. The molecule has 24 heavy (non-hydrogen) atoms. The number of hydrogen-bond acceptors (Lipinski definition) is 6. The largest absolute Gasteiger partial charge is 0.458 e. The minimum atomic E-state index is -0.449. The Kier molecular flexibility index (Phi) is 4.84. The van der Waals surface area contributed by atoms with Crippen LogP contribution in [0.5, 0.6) is 0 Å². The van der Waals surface area contributed by atoms with Gasteiger partial charge in [0.05, 0.1) is 6.42 Å². The van der Waals surface area contributed by atoms with Gasteiger partial charge in [-0.05, 0) is 24.6 Å². The third-order valence-electron chi connectivity index (χ3n) is 3.12. The van der Waals surface area contributed by atoms with Crippen molar-refractivity contribution in [3.8, 4) is 0 Å². The molecule has 2 heterocycles. The third kappa shape index (κ3) is 3.75. The van der Waals surface area contributed by atoms with Gasteiger partial charge < -0.3 is 4.74 Å². The highest BCUT2D eigenvalue weighted by Crippen LogP contribution is 2.22. The van der Waals surface area contributed by atoms with Gasteiger partial charge in [-0.3, -0.25) is 9.59 Å². The average molecular weight is 384 g/mol. The van der Waals surface area contributed by atoms with Gasteiger partial charge in [-0.15, -0.1) is 0 Å². The summed E-state index contributed by atoms with van der Waals surface area (Å²) in [6.07, 6.45) is 0.0260. The van der Waals surface area contributed by atoms with E-state index in [2.05, 4.69) is 10.1 Å². The minimum absolute atomic E-state index is 0.0260. The second-order valence-corrected chi connectivity index (χ2v) is 6.88. The van der Waals surface area contributed by atoms with Gasteiger partial charge in [-0.25, -0.2) is 4.98 Å². The molecule has 1 aromatic carbocycles. The molecule has 0 atom stereocenters. The Labute approximate surface area is 150 Å². The number of esters is 1. The number of carbonyl (C=O) groups excluding carboxylic acids is 1. The predicted octanol–water partition coefficient (Wildman–Crippen LogP) is 3.05. The van der Waals surface area contributed by atoms with Crippen LogP contribution in [0.15, 0.2) is 29.1 Å². The van der Waals surface area contributed by atoms with Crippen LogP contribution in [-0.4, -0.2) is 20.6 Å². The SMILES string of the molecule is Cc1cc(=O)n2nc(COC(=O)Cc3ccc(Cl)cc3Cl)sc2n1. The molecule has 0 amide bonds. The van der Waals surface area contributed by atoms with Crippen molar-refractivity contribution < 1.29 is 9.53 Å². The van der Waals surface area contributed by atoms with E-state index in [9.17, 15) is 9.59 Å². The maximum absolute atomic E-state index is 11.9. The fourth-order valence-electron chi connectivity index (χ4n) is 2.03. The van der Waals surface area contributed by atoms with Gasteiger partial charge in [0, 0.05) is 21.8 Å². The Morgan fingerprint density at radius 1 is 1.33 bits per heavy atom. The van der Waals surface area contributed by atoms with Crippen LogP contribution < -0.4 is 5.56 Å². The molecule has 0 bridgehead atoms. The molecule has 124 valence electrons. The molecule has 2 aromatic heterocycles. The van der Waals surface area contributed by atoms with Crippen LogP contribution in [0.1, 0.15) is 16.3 Å². The van der Waals surface area contributed by atoms with Gasteiger partial charge in [0.2, 0.25) is 4.96 Å². The van der Waals surface area contributed by atoms with Crippen molar-refractivity contribution in [3.63, 3.8) is 0 Å². The first-order valence-electron chi connectivity index (χ1n) is 6.88. The van der Waals surface area contributed by atoms with Crippen molar-refractivity contribution in [2.75, 3.05) is 0 Å². The molecule has 0 saturated carbocycles. The smallest absolute Gasteiger partial charge is 0.310 e. The summed E-state index contributed by atoms with van der Waals surface area (Å²) >= 11 is 13.0. The molecule has 6 nitrogen and oxygen atoms in total. The molecule has 0 saturated heterocycles. The monoisotopic (exact) mass is 383 g/mol. The molecule has 0 aliphatic heterocycles. The summed E-state index contributed by atoms with van der Waals surface area (Å²) in [5, 5.41) is 5.50. The number of nitrogens with zero attached hydrogens (tertiary/aromatic N) is 3. The first-order chi connectivity index (χ1) is 11.4. The fourth-order valence-corrected chi connectivity index (χ4v) is 3.37. The number of aryl methyl sites for hydroxylation is 1. The third-order valence-corrected chi connectivity index (χ3v) is 4.59. The van der Waals surface area contributed by atoms with E-state index in [-0.39, 0.29) is 18.6 Å². The molecule has 9 heteroatoms. The molecule has 0 N–H and O–H groups in total. The van der Waals surface area contributed by atoms with E-state index in [1.165, 1.54) is 21.9 Å². The predicted molar refractivity (Wildman–Crippen MR) is 91.8 cm³/mol. The van der Waals surface area contributed by atoms with Crippen molar-refractivity contribution in [3.05, 3.63) is 60.9 Å². The standard InChI is InChI=1S/C15H11Cl2N3O3S/c1-8-4-13(21)20-15(18-8)24-12(19-20)7-23-14(22)5-9-2-3-10(16)6-11(9)17/h2-4,6H,5,7H2,1H3. The zero-order valence-electron chi connectivity index (χ0n) is 12.5. The first-order valence-corrected chi connectivity index (χ1v) is 8.45. The van der Waals surface area contributed by atoms with Crippen LogP contribution >= 0.6 is 34.5 Å². The van der Waals surface area contributed by atoms with Crippen molar-refractivity contribution in [1.82, 2.24) is 14.6 Å². The average Bonchev–Trinajstić information content (AvgIpc) is 2.91. The van der Waals surface area contributed by atoms with E-state index in [0.29, 0.717) is 31.3 Å². The van der Waals surface area contributed by atoms with E-state index >= 15 is 0 Å². The quantitative estimate of drug-likeness (QED) is 0.647. The highest BCUT2D eigenvalue weighted by Gasteiger charge is 2.12. The van der Waals surface area contributed by atoms with Gasteiger partial charge >= 0.3 is 5.97 Å². The maximum atomic E-state index is 11.9. The Hall–Kier alpha value is -1.96. The Balaban J connectivity index is 1.68. The lowest BCUT2D eigenvalue weighted by Crippen LogP contribution is -2.14. The van der Waals surface area contributed by atoms with E-state index < -0.39 is 5.97 Å². The van der Waals surface area contributed by atoms with Gasteiger partial charge in [0.15, 0.2) is 5.01 Å². The summed E-state index contributed by atoms with van der Waals surface area (Å²) in [6, 6.07) is 6.30. The lowest BCUT2D eigenvalue weighted by Gasteiger charge is -2.05. The van der Waals surface area contributed by atoms with Crippen LogP contribution in [0.25, 0.3) is 4.96 Å². The molecule has 0 aliphatic rings. The summed E-state index contributed by atoms with van der Waals surface area (Å²) in [7, 11) is 0. The fraction of sp³-hybridized carbons (Fsp3) is 0.200. The maximum Gasteiger partial charge on any atom is 0.310 e. The molecule has 3 rings (SSSR count). The number of benzene rings is 1. The summed E-state index contributed by atoms with van der Waals surface area (Å²) in [5.74, 6) is -0.449. The van der Waals surface area contributed by atoms with E-state index in [1.807, 2.05) is 0 Å². The lowest BCUT2D eigenvalue weighted by molar-refractivity contribution is -0.144. The van der Waals surface area contributed by atoms with Crippen molar-refractivity contribution in [2.24, 2.45) is 0 Å². The molecular weight excluding hydrogens is 373 g/mol. The number of hydrogen-bond donors (Lipinski definition) is 0. The Morgan fingerprint density at radius 3 is 2.88 bits per heavy atom. The van der Waals surface area contributed by atoms with Crippen LogP contribution in [0.4, 0.5) is 0 Å². The minimum Gasteiger partial charge on any atom is -0.458 e. The van der Waals surface area contributed by atoms with Gasteiger partial charge in [-0.1, -0.05) is 40.6 Å². The number of rotatable bonds is 4. The second kappa shape index (κ2) is 6.88. The summed E-state index contributed by atoms with van der Waals surface area (Å²) in [6.45, 7) is 1.70. The van der Waals surface area contributed by atoms with Crippen molar-refractivity contribution in [1.29, 1.82) is 0 Å². The molecule has 0 aliphatic carbocycles. The molecule has 0 unspecified atom stereocenters. The number of halogens is 2. The Morgan fingerprint density at radius 2 is 2.12 bits per heavy atom. The molecule has 0 radical (unpaired) electrons. The van der Waals surface area contributed by atoms with Crippen molar-refractivity contribution >= 4 is 45.5 Å². The van der Waals surface area contributed by atoms with Crippen LogP contribution in [0.2, 0.25) is 10.0 Å². The molecular formula is C15H11Cl2N3O3S. The molecule has 0 spiro atoms. The summed E-state index contributed by atoms with van der Waals surface area (Å²) in [5.41, 5.74) is 0.979. The van der Waals surface area contributed by atoms with Gasteiger partial charge in [0.25, 0.3) is 5.56 Å². The van der Waals surface area contributed by atoms with E-state index in [1.54, 1.807) is 25.1 Å². The zero-order chi connectivity index (χ0) is 17.3. The first kappa shape index (κ1) is 16.9.